The standard InChI is InChI=1S/C19H14FN5/c20-17-9-5-4-8-15(17)16-12-22-18(14-6-2-1-3-7-14)23-19(16)24-25-11-10-21-13-25/h1-13H,(H,22,23,24). The number of hydrogen-bond acceptors (Lipinski definition) is 4. The summed E-state index contributed by atoms with van der Waals surface area (Å²) in [5.74, 6) is 0.729. The van der Waals surface area contributed by atoms with E-state index >= 15 is 0 Å². The number of hydrogen-bond donors (Lipinski definition) is 1. The molecule has 25 heavy (non-hydrogen) atoms. The molecule has 0 amide bonds. The molecule has 0 bridgehead atoms. The third kappa shape index (κ3) is 3.10. The molecule has 2 heterocycles. The quantitative estimate of drug-likeness (QED) is 0.613. The first-order valence-electron chi connectivity index (χ1n) is 7.73. The SMILES string of the molecule is Fc1ccccc1-c1cnc(-c2ccccc2)nc1Nn1ccnc1. The largest absolute Gasteiger partial charge is 0.276 e. The molecule has 0 aliphatic carbocycles. The molecule has 0 fully saturated rings. The van der Waals surface area contributed by atoms with Crippen molar-refractivity contribution in [2.45, 2.75) is 0 Å². The van der Waals surface area contributed by atoms with Crippen LogP contribution in [0.1, 0.15) is 0 Å². The molecule has 2 aromatic carbocycles. The molecule has 0 aliphatic heterocycles. The van der Waals surface area contributed by atoms with Crippen molar-refractivity contribution >= 4 is 5.82 Å². The van der Waals surface area contributed by atoms with E-state index < -0.39 is 0 Å². The van der Waals surface area contributed by atoms with Gasteiger partial charge in [0.2, 0.25) is 0 Å². The average molecular weight is 331 g/mol. The highest BCUT2D eigenvalue weighted by Crippen LogP contribution is 2.30. The zero-order valence-corrected chi connectivity index (χ0v) is 13.2. The van der Waals surface area contributed by atoms with Crippen molar-refractivity contribution in [3.05, 3.63) is 85.3 Å². The molecule has 4 rings (SSSR count). The van der Waals surface area contributed by atoms with Gasteiger partial charge in [-0.25, -0.2) is 24.0 Å². The van der Waals surface area contributed by atoms with Crippen LogP contribution < -0.4 is 5.43 Å². The smallest absolute Gasteiger partial charge is 0.161 e. The second-order valence-corrected chi connectivity index (χ2v) is 5.38. The first-order chi connectivity index (χ1) is 12.3. The van der Waals surface area contributed by atoms with Crippen LogP contribution in [0.3, 0.4) is 0 Å². The van der Waals surface area contributed by atoms with E-state index in [-0.39, 0.29) is 5.82 Å². The fourth-order valence-corrected chi connectivity index (χ4v) is 2.52. The molecule has 2 aromatic heterocycles. The summed E-state index contributed by atoms with van der Waals surface area (Å²) in [6, 6.07) is 16.2. The summed E-state index contributed by atoms with van der Waals surface area (Å²) in [5.41, 5.74) is 5.02. The number of imidazole rings is 1. The van der Waals surface area contributed by atoms with Crippen LogP contribution in [-0.4, -0.2) is 19.6 Å². The van der Waals surface area contributed by atoms with Gasteiger partial charge in [-0.3, -0.25) is 5.43 Å². The highest BCUT2D eigenvalue weighted by Gasteiger charge is 2.14. The Kier molecular flexibility index (Phi) is 3.92. The molecule has 5 nitrogen and oxygen atoms in total. The fraction of sp³-hybridized carbons (Fsp3) is 0. The van der Waals surface area contributed by atoms with E-state index in [0.717, 1.165) is 5.56 Å². The van der Waals surface area contributed by atoms with Crippen molar-refractivity contribution < 1.29 is 4.39 Å². The van der Waals surface area contributed by atoms with Gasteiger partial charge in [0.1, 0.15) is 12.1 Å². The topological polar surface area (TPSA) is 55.6 Å². The highest BCUT2D eigenvalue weighted by molar-refractivity contribution is 5.76. The van der Waals surface area contributed by atoms with Crippen molar-refractivity contribution in [3.63, 3.8) is 0 Å². The van der Waals surface area contributed by atoms with E-state index in [4.69, 9.17) is 0 Å². The lowest BCUT2D eigenvalue weighted by Gasteiger charge is -2.13. The van der Waals surface area contributed by atoms with Gasteiger partial charge in [0.25, 0.3) is 0 Å². The van der Waals surface area contributed by atoms with Gasteiger partial charge < -0.3 is 0 Å². The number of nitrogens with zero attached hydrogens (tertiary/aromatic N) is 4. The monoisotopic (exact) mass is 331 g/mol. The summed E-state index contributed by atoms with van der Waals surface area (Å²) in [6.45, 7) is 0. The lowest BCUT2D eigenvalue weighted by Crippen LogP contribution is -2.10. The van der Waals surface area contributed by atoms with Crippen molar-refractivity contribution in [1.82, 2.24) is 19.6 Å². The fourth-order valence-electron chi connectivity index (χ4n) is 2.52. The molecule has 122 valence electrons. The summed E-state index contributed by atoms with van der Waals surface area (Å²) in [7, 11) is 0. The lowest BCUT2D eigenvalue weighted by atomic mass is 10.1. The van der Waals surface area contributed by atoms with Gasteiger partial charge in [-0.15, -0.1) is 0 Å². The van der Waals surface area contributed by atoms with E-state index in [2.05, 4.69) is 20.4 Å². The Morgan fingerprint density at radius 1 is 0.920 bits per heavy atom. The van der Waals surface area contributed by atoms with E-state index in [1.807, 2.05) is 30.3 Å². The summed E-state index contributed by atoms with van der Waals surface area (Å²) in [6.07, 6.45) is 6.63. The van der Waals surface area contributed by atoms with Crippen LogP contribution in [0.5, 0.6) is 0 Å². The Balaban J connectivity index is 1.84. The van der Waals surface area contributed by atoms with Crippen molar-refractivity contribution in [1.29, 1.82) is 0 Å². The predicted octanol–water partition coefficient (Wildman–Crippen LogP) is 4.02. The normalized spacial score (nSPS) is 10.6. The Hall–Kier alpha value is -3.54. The molecule has 1 N–H and O–H groups in total. The maximum atomic E-state index is 14.3. The number of halogens is 1. The van der Waals surface area contributed by atoms with E-state index in [1.54, 1.807) is 47.8 Å². The molecule has 0 saturated heterocycles. The molecule has 4 aromatic rings. The van der Waals surface area contributed by atoms with E-state index in [9.17, 15) is 4.39 Å². The van der Waals surface area contributed by atoms with Crippen molar-refractivity contribution in [2.75, 3.05) is 5.43 Å². The number of aromatic nitrogens is 4. The zero-order chi connectivity index (χ0) is 17.1. The van der Waals surface area contributed by atoms with Gasteiger partial charge in [0, 0.05) is 35.3 Å². The minimum absolute atomic E-state index is 0.327. The Morgan fingerprint density at radius 2 is 1.72 bits per heavy atom. The van der Waals surface area contributed by atoms with Gasteiger partial charge in [-0.1, -0.05) is 48.5 Å². The maximum absolute atomic E-state index is 14.3. The Bertz CT molecular complexity index is 984. The Labute approximate surface area is 143 Å². The van der Waals surface area contributed by atoms with Crippen LogP contribution in [0.2, 0.25) is 0 Å². The van der Waals surface area contributed by atoms with Gasteiger partial charge in [0.05, 0.1) is 0 Å². The van der Waals surface area contributed by atoms with Crippen LogP contribution in [-0.2, 0) is 0 Å². The van der Waals surface area contributed by atoms with Crippen LogP contribution >= 0.6 is 0 Å². The van der Waals surface area contributed by atoms with Crippen LogP contribution in [0.25, 0.3) is 22.5 Å². The minimum atomic E-state index is -0.327. The van der Waals surface area contributed by atoms with E-state index in [1.165, 1.54) is 6.07 Å². The molecular weight excluding hydrogens is 317 g/mol. The average Bonchev–Trinajstić information content (AvgIpc) is 3.16. The van der Waals surface area contributed by atoms with Gasteiger partial charge in [-0.05, 0) is 6.07 Å². The van der Waals surface area contributed by atoms with Crippen LogP contribution in [0.15, 0.2) is 79.5 Å². The van der Waals surface area contributed by atoms with Crippen LogP contribution in [0.4, 0.5) is 10.2 Å². The summed E-state index contributed by atoms with van der Waals surface area (Å²) < 4.78 is 15.9. The van der Waals surface area contributed by atoms with Crippen molar-refractivity contribution in [3.8, 4) is 22.5 Å². The summed E-state index contributed by atoms with van der Waals surface area (Å²) >= 11 is 0. The van der Waals surface area contributed by atoms with E-state index in [0.29, 0.717) is 22.8 Å². The summed E-state index contributed by atoms with van der Waals surface area (Å²) in [5, 5.41) is 0. The van der Waals surface area contributed by atoms with Crippen LogP contribution in [0, 0.1) is 5.82 Å². The molecular formula is C19H14FN5. The molecule has 0 atom stereocenters. The summed E-state index contributed by atoms with van der Waals surface area (Å²) in [4.78, 5) is 13.0. The molecule has 0 radical (unpaired) electrons. The van der Waals surface area contributed by atoms with Gasteiger partial charge in [0.15, 0.2) is 11.6 Å². The minimum Gasteiger partial charge on any atom is -0.276 e. The second kappa shape index (κ2) is 6.52. The second-order valence-electron chi connectivity index (χ2n) is 5.38. The molecule has 0 unspecified atom stereocenters. The maximum Gasteiger partial charge on any atom is 0.161 e. The third-order valence-corrected chi connectivity index (χ3v) is 3.72. The number of rotatable bonds is 4. The predicted molar refractivity (Wildman–Crippen MR) is 94.1 cm³/mol. The van der Waals surface area contributed by atoms with Gasteiger partial charge >= 0.3 is 0 Å². The zero-order valence-electron chi connectivity index (χ0n) is 13.2. The van der Waals surface area contributed by atoms with Crippen molar-refractivity contribution in [2.24, 2.45) is 0 Å². The molecule has 6 heteroatoms. The molecule has 0 aliphatic rings. The first kappa shape index (κ1) is 15.0. The Morgan fingerprint density at radius 3 is 2.48 bits per heavy atom. The molecule has 0 spiro atoms. The highest BCUT2D eigenvalue weighted by atomic mass is 19.1. The van der Waals surface area contributed by atoms with Gasteiger partial charge in [-0.2, -0.15) is 0 Å². The number of benzene rings is 2. The number of nitrogens with one attached hydrogen (secondary N) is 1. The molecule has 0 saturated carbocycles. The first-order valence-corrected chi connectivity index (χ1v) is 7.73. The third-order valence-electron chi connectivity index (χ3n) is 3.72. The number of anilines is 1. The lowest BCUT2D eigenvalue weighted by molar-refractivity contribution is 0.631.